The van der Waals surface area contributed by atoms with Crippen LogP contribution in [0, 0.1) is 0 Å². The van der Waals surface area contributed by atoms with Gasteiger partial charge in [-0.2, -0.15) is 0 Å². The third-order valence-electron chi connectivity index (χ3n) is 3.87. The number of oxime groups is 1. The normalized spacial score (nSPS) is 21.1. The van der Waals surface area contributed by atoms with Crippen molar-refractivity contribution in [3.05, 3.63) is 34.3 Å². The Morgan fingerprint density at radius 3 is 2.74 bits per heavy atom. The van der Waals surface area contributed by atoms with Gasteiger partial charge in [0, 0.05) is 17.3 Å². The summed E-state index contributed by atoms with van der Waals surface area (Å²) in [7, 11) is 0. The summed E-state index contributed by atoms with van der Waals surface area (Å²) in [5.41, 5.74) is 1.81. The lowest BCUT2D eigenvalue weighted by Crippen LogP contribution is -2.47. The molecule has 1 heterocycles. The maximum Gasteiger partial charge on any atom is 0.362 e. The fourth-order valence-corrected chi connectivity index (χ4v) is 3.37. The van der Waals surface area contributed by atoms with Crippen molar-refractivity contribution in [3.8, 4) is 0 Å². The van der Waals surface area contributed by atoms with Crippen molar-refractivity contribution >= 4 is 38.8 Å². The van der Waals surface area contributed by atoms with Gasteiger partial charge in [0.05, 0.1) is 18.6 Å². The van der Waals surface area contributed by atoms with Gasteiger partial charge in [0.2, 0.25) is 4.75 Å². The van der Waals surface area contributed by atoms with Crippen LogP contribution in [0.5, 0.6) is 0 Å². The molecule has 0 aromatic heterocycles. The monoisotopic (exact) mass is 401 g/mol. The second-order valence-corrected chi connectivity index (χ2v) is 8.31. The van der Waals surface area contributed by atoms with Crippen LogP contribution in [0.4, 0.5) is 0 Å². The van der Waals surface area contributed by atoms with Crippen molar-refractivity contribution in [3.63, 3.8) is 0 Å². The summed E-state index contributed by atoms with van der Waals surface area (Å²) in [6.45, 7) is 3.65. The summed E-state index contributed by atoms with van der Waals surface area (Å²) >= 11 is 2.03. The van der Waals surface area contributed by atoms with E-state index in [4.69, 9.17) is 9.57 Å². The molecule has 126 valence electrons. The van der Waals surface area contributed by atoms with Gasteiger partial charge >= 0.3 is 5.97 Å². The number of benzene rings is 1. The summed E-state index contributed by atoms with van der Waals surface area (Å²) < 4.78 is 17.0. The zero-order chi connectivity index (χ0) is 17.0. The summed E-state index contributed by atoms with van der Waals surface area (Å²) in [6.07, 6.45) is 2.11. The molecule has 0 amide bonds. The van der Waals surface area contributed by atoms with E-state index in [1.807, 2.05) is 24.3 Å². The van der Waals surface area contributed by atoms with E-state index in [0.29, 0.717) is 12.8 Å². The van der Waals surface area contributed by atoms with Crippen LogP contribution in [-0.4, -0.2) is 39.9 Å². The van der Waals surface area contributed by atoms with Crippen LogP contribution in [0.15, 0.2) is 33.9 Å². The van der Waals surface area contributed by atoms with E-state index in [1.54, 1.807) is 13.8 Å². The van der Waals surface area contributed by atoms with E-state index in [0.717, 1.165) is 15.7 Å². The molecule has 1 aromatic carbocycles. The minimum absolute atomic E-state index is 0.262. The maximum atomic E-state index is 12.2. The smallest absolute Gasteiger partial charge is 0.362 e. The Hall–Kier alpha value is -1.05. The molecule has 0 fully saturated rings. The first-order chi connectivity index (χ1) is 10.9. The van der Waals surface area contributed by atoms with Crippen LogP contribution in [-0.2, 0) is 25.5 Å². The van der Waals surface area contributed by atoms with E-state index >= 15 is 0 Å². The van der Waals surface area contributed by atoms with Crippen molar-refractivity contribution < 1.29 is 18.9 Å². The van der Waals surface area contributed by atoms with Gasteiger partial charge in [-0.15, -0.1) is 0 Å². The summed E-state index contributed by atoms with van der Waals surface area (Å²) in [4.78, 5) is 17.6. The zero-order valence-corrected chi connectivity index (χ0v) is 15.8. The average molecular weight is 402 g/mol. The predicted octanol–water partition coefficient (Wildman–Crippen LogP) is 3.03. The largest absolute Gasteiger partial charge is 0.616 e. The minimum atomic E-state index is -1.37. The fraction of sp³-hybridized carbons (Fsp3) is 0.500. The number of ether oxygens (including phenoxy) is 1. The molecule has 5 nitrogen and oxygen atoms in total. The molecule has 0 N–H and O–H groups in total. The van der Waals surface area contributed by atoms with Gasteiger partial charge in [-0.05, 0) is 42.7 Å². The molecule has 23 heavy (non-hydrogen) atoms. The SMILES string of the molecule is CCOC(=O)C(C)(CC1CC(c2ccc(Br)cc2)=NO1)[S+](C)[O-]. The molecule has 2 rings (SSSR count). The van der Waals surface area contributed by atoms with Gasteiger partial charge in [-0.1, -0.05) is 33.2 Å². The third-order valence-corrected chi connectivity index (χ3v) is 6.00. The molecule has 3 atom stereocenters. The first-order valence-electron chi connectivity index (χ1n) is 7.36. The van der Waals surface area contributed by atoms with Crippen molar-refractivity contribution in [1.29, 1.82) is 0 Å². The molecule has 1 aliphatic heterocycles. The fourth-order valence-electron chi connectivity index (χ4n) is 2.39. The highest BCUT2D eigenvalue weighted by atomic mass is 79.9. The van der Waals surface area contributed by atoms with E-state index < -0.39 is 21.9 Å². The molecule has 0 radical (unpaired) electrons. The highest BCUT2D eigenvalue weighted by Gasteiger charge is 2.48. The van der Waals surface area contributed by atoms with Crippen LogP contribution >= 0.6 is 15.9 Å². The van der Waals surface area contributed by atoms with Crippen LogP contribution in [0.3, 0.4) is 0 Å². The Morgan fingerprint density at radius 2 is 2.17 bits per heavy atom. The molecule has 7 heteroatoms. The number of carbonyl (C=O) groups excluding carboxylic acids is 1. The first kappa shape index (κ1) is 18.3. The Labute approximate surface area is 147 Å². The zero-order valence-electron chi connectivity index (χ0n) is 13.4. The molecule has 1 aromatic rings. The van der Waals surface area contributed by atoms with E-state index in [-0.39, 0.29) is 12.7 Å². The van der Waals surface area contributed by atoms with Gasteiger partial charge in [-0.3, -0.25) is 0 Å². The second kappa shape index (κ2) is 7.68. The topological polar surface area (TPSA) is 71.0 Å². The van der Waals surface area contributed by atoms with Crippen LogP contribution in [0.2, 0.25) is 0 Å². The lowest BCUT2D eigenvalue weighted by atomic mass is 9.97. The second-order valence-electron chi connectivity index (χ2n) is 5.59. The molecule has 0 spiro atoms. The van der Waals surface area contributed by atoms with Gasteiger partial charge < -0.3 is 14.1 Å². The van der Waals surface area contributed by atoms with Gasteiger partial charge in [0.15, 0.2) is 0 Å². The molecule has 0 saturated carbocycles. The molecule has 0 saturated heterocycles. The maximum absolute atomic E-state index is 12.2. The molecule has 3 unspecified atom stereocenters. The third kappa shape index (κ3) is 4.28. The van der Waals surface area contributed by atoms with E-state index in [9.17, 15) is 9.35 Å². The quantitative estimate of drug-likeness (QED) is 0.542. The van der Waals surface area contributed by atoms with Crippen LogP contribution in [0.25, 0.3) is 0 Å². The Kier molecular flexibility index (Phi) is 6.11. The standard InChI is InChI=1S/C16H20BrNO4S/c1-4-21-15(19)16(2,23(3)20)10-13-9-14(18-22-13)11-5-7-12(17)8-6-11/h5-8,13H,4,9-10H2,1-3H3. The summed E-state index contributed by atoms with van der Waals surface area (Å²) in [6, 6.07) is 7.79. The van der Waals surface area contributed by atoms with Gasteiger partial charge in [0.25, 0.3) is 0 Å². The highest BCUT2D eigenvalue weighted by molar-refractivity contribution is 9.10. The van der Waals surface area contributed by atoms with Gasteiger partial charge in [-0.25, -0.2) is 4.79 Å². The summed E-state index contributed by atoms with van der Waals surface area (Å²) in [5.74, 6) is -0.457. The van der Waals surface area contributed by atoms with Gasteiger partial charge in [0.1, 0.15) is 6.10 Å². The van der Waals surface area contributed by atoms with Crippen LogP contribution < -0.4 is 0 Å². The Balaban J connectivity index is 2.04. The number of nitrogens with zero attached hydrogens (tertiary/aromatic N) is 1. The Bertz CT molecular complexity index is 590. The molecular weight excluding hydrogens is 382 g/mol. The van der Waals surface area contributed by atoms with Crippen molar-refractivity contribution in [2.24, 2.45) is 5.16 Å². The van der Waals surface area contributed by atoms with E-state index in [1.165, 1.54) is 6.26 Å². The van der Waals surface area contributed by atoms with Crippen molar-refractivity contribution in [2.45, 2.75) is 37.5 Å². The number of esters is 1. The number of rotatable bonds is 6. The molecule has 1 aliphatic rings. The van der Waals surface area contributed by atoms with Crippen molar-refractivity contribution in [2.75, 3.05) is 12.9 Å². The lowest BCUT2D eigenvalue weighted by molar-refractivity contribution is -0.146. The predicted molar refractivity (Wildman–Crippen MR) is 93.9 cm³/mol. The summed E-state index contributed by atoms with van der Waals surface area (Å²) in [5, 5.41) is 4.12. The number of halogens is 1. The van der Waals surface area contributed by atoms with Crippen molar-refractivity contribution in [1.82, 2.24) is 0 Å². The molecule has 0 aliphatic carbocycles. The van der Waals surface area contributed by atoms with Crippen LogP contribution in [0.1, 0.15) is 32.3 Å². The molecular formula is C16H20BrNO4S. The first-order valence-corrected chi connectivity index (χ1v) is 9.71. The highest BCUT2D eigenvalue weighted by Crippen LogP contribution is 2.30. The number of hydrogen-bond donors (Lipinski definition) is 0. The Morgan fingerprint density at radius 1 is 1.52 bits per heavy atom. The number of carbonyl (C=O) groups is 1. The lowest BCUT2D eigenvalue weighted by Gasteiger charge is -2.29. The number of hydrogen-bond acceptors (Lipinski definition) is 5. The van der Waals surface area contributed by atoms with E-state index in [2.05, 4.69) is 21.1 Å². The molecule has 0 bridgehead atoms. The minimum Gasteiger partial charge on any atom is -0.616 e. The average Bonchev–Trinajstić information content (AvgIpc) is 2.96.